The zero-order valence-corrected chi connectivity index (χ0v) is 14.8. The standard InChI is InChI=1S/C21H22N2O3/c1-2-23(17-7-4-3-5-8-17)21(25)9-6-14-26-18-12-10-16-11-13-20(24)22-19(16)15-18/h3-5,7-8,10-13,15H,2,6,9,14H2,1H3,(H,22,24). The van der Waals surface area contributed by atoms with Gasteiger partial charge >= 0.3 is 0 Å². The number of anilines is 1. The summed E-state index contributed by atoms with van der Waals surface area (Å²) in [5.74, 6) is 0.771. The van der Waals surface area contributed by atoms with Crippen LogP contribution in [0.2, 0.25) is 0 Å². The molecule has 0 aliphatic rings. The Labute approximate surface area is 152 Å². The highest BCUT2D eigenvalue weighted by atomic mass is 16.5. The Morgan fingerprint density at radius 1 is 1.08 bits per heavy atom. The van der Waals surface area contributed by atoms with Crippen molar-refractivity contribution in [3.05, 3.63) is 71.0 Å². The van der Waals surface area contributed by atoms with Crippen LogP contribution in [0.25, 0.3) is 10.9 Å². The average Bonchev–Trinajstić information content (AvgIpc) is 2.66. The molecule has 3 aromatic rings. The molecule has 1 heterocycles. The Balaban J connectivity index is 1.53. The first-order valence-corrected chi connectivity index (χ1v) is 8.78. The Morgan fingerprint density at radius 3 is 2.62 bits per heavy atom. The number of fused-ring (bicyclic) bond motifs is 1. The fourth-order valence-electron chi connectivity index (χ4n) is 2.88. The second-order valence-corrected chi connectivity index (χ2v) is 6.00. The highest BCUT2D eigenvalue weighted by Crippen LogP contribution is 2.19. The second kappa shape index (κ2) is 8.34. The fraction of sp³-hybridized carbons (Fsp3) is 0.238. The first-order valence-electron chi connectivity index (χ1n) is 8.78. The molecule has 5 nitrogen and oxygen atoms in total. The van der Waals surface area contributed by atoms with Gasteiger partial charge in [-0.3, -0.25) is 9.59 Å². The summed E-state index contributed by atoms with van der Waals surface area (Å²) in [4.78, 5) is 28.4. The Kier molecular flexibility index (Phi) is 5.69. The van der Waals surface area contributed by atoms with Crippen LogP contribution in [0.5, 0.6) is 5.75 Å². The molecule has 1 N–H and O–H groups in total. The van der Waals surface area contributed by atoms with Gasteiger partial charge in [-0.05, 0) is 49.1 Å². The SMILES string of the molecule is CCN(C(=O)CCCOc1ccc2ccc(=O)[nH]c2c1)c1ccccc1. The van der Waals surface area contributed by atoms with Gasteiger partial charge in [0.05, 0.1) is 12.1 Å². The Bertz CT molecular complexity index is 935. The number of hydrogen-bond acceptors (Lipinski definition) is 3. The highest BCUT2D eigenvalue weighted by molar-refractivity contribution is 5.93. The van der Waals surface area contributed by atoms with Crippen LogP contribution < -0.4 is 15.2 Å². The van der Waals surface area contributed by atoms with Gasteiger partial charge in [-0.1, -0.05) is 18.2 Å². The molecule has 0 aliphatic heterocycles. The largest absolute Gasteiger partial charge is 0.494 e. The van der Waals surface area contributed by atoms with Gasteiger partial charge in [0, 0.05) is 30.8 Å². The number of carbonyl (C=O) groups excluding carboxylic acids is 1. The molecule has 0 saturated heterocycles. The first-order chi connectivity index (χ1) is 12.7. The van der Waals surface area contributed by atoms with Gasteiger partial charge in [-0.2, -0.15) is 0 Å². The second-order valence-electron chi connectivity index (χ2n) is 6.00. The third-order valence-corrected chi connectivity index (χ3v) is 4.19. The lowest BCUT2D eigenvalue weighted by Crippen LogP contribution is -2.30. The molecular formula is C21H22N2O3. The number of pyridine rings is 1. The Hall–Kier alpha value is -3.08. The molecule has 0 fully saturated rings. The van der Waals surface area contributed by atoms with E-state index in [-0.39, 0.29) is 11.5 Å². The molecule has 3 rings (SSSR count). The minimum Gasteiger partial charge on any atom is -0.494 e. The number of aromatic amines is 1. The predicted molar refractivity (Wildman–Crippen MR) is 104 cm³/mol. The van der Waals surface area contributed by atoms with Gasteiger partial charge in [-0.15, -0.1) is 0 Å². The van der Waals surface area contributed by atoms with Crippen molar-refractivity contribution in [2.24, 2.45) is 0 Å². The minimum atomic E-state index is -0.138. The number of aromatic nitrogens is 1. The zero-order chi connectivity index (χ0) is 18.4. The molecule has 0 radical (unpaired) electrons. The molecule has 1 amide bonds. The molecule has 0 bridgehead atoms. The number of nitrogens with one attached hydrogen (secondary N) is 1. The summed E-state index contributed by atoms with van der Waals surface area (Å²) < 4.78 is 5.73. The van der Waals surface area contributed by atoms with Gasteiger partial charge in [0.1, 0.15) is 5.75 Å². The summed E-state index contributed by atoms with van der Waals surface area (Å²) in [6.07, 6.45) is 1.05. The van der Waals surface area contributed by atoms with Crippen molar-refractivity contribution in [2.75, 3.05) is 18.1 Å². The van der Waals surface area contributed by atoms with Crippen LogP contribution in [0.3, 0.4) is 0 Å². The lowest BCUT2D eigenvalue weighted by atomic mass is 10.2. The van der Waals surface area contributed by atoms with Crippen LogP contribution in [0.1, 0.15) is 19.8 Å². The summed E-state index contributed by atoms with van der Waals surface area (Å²) in [5.41, 5.74) is 1.52. The molecule has 0 atom stereocenters. The van der Waals surface area contributed by atoms with E-state index in [4.69, 9.17) is 4.74 Å². The van der Waals surface area contributed by atoms with Gasteiger partial charge < -0.3 is 14.6 Å². The molecule has 0 aliphatic carbocycles. The Morgan fingerprint density at radius 2 is 1.85 bits per heavy atom. The number of rotatable bonds is 7. The number of benzene rings is 2. The van der Waals surface area contributed by atoms with E-state index >= 15 is 0 Å². The van der Waals surface area contributed by atoms with Crippen molar-refractivity contribution >= 4 is 22.5 Å². The van der Waals surface area contributed by atoms with Crippen molar-refractivity contribution in [3.63, 3.8) is 0 Å². The molecular weight excluding hydrogens is 328 g/mol. The fourth-order valence-corrected chi connectivity index (χ4v) is 2.88. The summed E-state index contributed by atoms with van der Waals surface area (Å²) in [5, 5.41) is 0.952. The van der Waals surface area contributed by atoms with Crippen molar-refractivity contribution < 1.29 is 9.53 Å². The monoisotopic (exact) mass is 350 g/mol. The number of amides is 1. The maximum Gasteiger partial charge on any atom is 0.248 e. The molecule has 1 aromatic heterocycles. The van der Waals surface area contributed by atoms with Crippen LogP contribution in [-0.2, 0) is 4.79 Å². The quantitative estimate of drug-likeness (QED) is 0.660. The van der Waals surface area contributed by atoms with Crippen LogP contribution in [-0.4, -0.2) is 24.0 Å². The number of H-pyrrole nitrogens is 1. The molecule has 26 heavy (non-hydrogen) atoms. The third kappa shape index (κ3) is 4.30. The topological polar surface area (TPSA) is 62.4 Å². The number of ether oxygens (including phenoxy) is 1. The van der Waals surface area contributed by atoms with Gasteiger partial charge in [-0.25, -0.2) is 0 Å². The molecule has 0 saturated carbocycles. The lowest BCUT2D eigenvalue weighted by molar-refractivity contribution is -0.118. The average molecular weight is 350 g/mol. The number of nitrogens with zero attached hydrogens (tertiary/aromatic N) is 1. The third-order valence-electron chi connectivity index (χ3n) is 4.19. The maximum atomic E-state index is 12.4. The normalized spacial score (nSPS) is 10.7. The molecule has 134 valence electrons. The van der Waals surface area contributed by atoms with Crippen molar-refractivity contribution in [3.8, 4) is 5.75 Å². The van der Waals surface area contributed by atoms with Crippen LogP contribution in [0.15, 0.2) is 65.5 Å². The van der Waals surface area contributed by atoms with Gasteiger partial charge in [0.2, 0.25) is 11.5 Å². The van der Waals surface area contributed by atoms with Crippen molar-refractivity contribution in [1.29, 1.82) is 0 Å². The van der Waals surface area contributed by atoms with Gasteiger partial charge in [0.15, 0.2) is 0 Å². The van der Waals surface area contributed by atoms with E-state index in [2.05, 4.69) is 4.98 Å². The van der Waals surface area contributed by atoms with Crippen molar-refractivity contribution in [1.82, 2.24) is 4.98 Å². The lowest BCUT2D eigenvalue weighted by Gasteiger charge is -2.21. The first kappa shape index (κ1) is 17.7. The van der Waals surface area contributed by atoms with E-state index in [1.54, 1.807) is 17.0 Å². The van der Waals surface area contributed by atoms with Crippen molar-refractivity contribution in [2.45, 2.75) is 19.8 Å². The summed E-state index contributed by atoms with van der Waals surface area (Å²) in [7, 11) is 0. The zero-order valence-electron chi connectivity index (χ0n) is 14.8. The van der Waals surface area contributed by atoms with E-state index in [9.17, 15) is 9.59 Å². The van der Waals surface area contributed by atoms with Crippen LogP contribution in [0.4, 0.5) is 5.69 Å². The highest BCUT2D eigenvalue weighted by Gasteiger charge is 2.13. The number of para-hydroxylation sites is 1. The van der Waals surface area contributed by atoms with Gasteiger partial charge in [0.25, 0.3) is 0 Å². The molecule has 0 spiro atoms. The van der Waals surface area contributed by atoms with E-state index in [0.717, 1.165) is 16.6 Å². The number of carbonyl (C=O) groups is 1. The molecule has 0 unspecified atom stereocenters. The van der Waals surface area contributed by atoms with E-state index in [1.165, 1.54) is 6.07 Å². The summed E-state index contributed by atoms with van der Waals surface area (Å²) in [6.45, 7) is 3.06. The minimum absolute atomic E-state index is 0.0881. The predicted octanol–water partition coefficient (Wildman–Crippen LogP) is 3.74. The molecule has 2 aromatic carbocycles. The summed E-state index contributed by atoms with van der Waals surface area (Å²) in [6, 6.07) is 18.5. The van der Waals surface area contributed by atoms with Crippen LogP contribution >= 0.6 is 0 Å². The van der Waals surface area contributed by atoms with E-state index in [1.807, 2.05) is 49.4 Å². The van der Waals surface area contributed by atoms with Crippen LogP contribution in [0, 0.1) is 0 Å². The number of hydrogen-bond donors (Lipinski definition) is 1. The van der Waals surface area contributed by atoms with E-state index < -0.39 is 0 Å². The maximum absolute atomic E-state index is 12.4. The smallest absolute Gasteiger partial charge is 0.248 e. The molecule has 5 heteroatoms. The summed E-state index contributed by atoms with van der Waals surface area (Å²) >= 11 is 0. The van der Waals surface area contributed by atoms with E-state index in [0.29, 0.717) is 31.7 Å².